The summed E-state index contributed by atoms with van der Waals surface area (Å²) in [5, 5.41) is 3.50. The van der Waals surface area contributed by atoms with Gasteiger partial charge in [0.15, 0.2) is 5.96 Å². The molecule has 1 heterocycles. The van der Waals surface area contributed by atoms with E-state index < -0.39 is 0 Å². The molecular formula is C20H34FN5. The van der Waals surface area contributed by atoms with Gasteiger partial charge in [0.2, 0.25) is 0 Å². The molecule has 0 radical (unpaired) electrons. The van der Waals surface area contributed by atoms with Gasteiger partial charge in [-0.15, -0.1) is 0 Å². The van der Waals surface area contributed by atoms with E-state index >= 15 is 0 Å². The zero-order valence-corrected chi connectivity index (χ0v) is 16.5. The molecule has 1 aromatic carbocycles. The van der Waals surface area contributed by atoms with E-state index in [0.29, 0.717) is 0 Å². The molecule has 1 N–H and O–H groups in total. The van der Waals surface area contributed by atoms with Crippen molar-refractivity contribution >= 4 is 11.6 Å². The molecule has 6 heteroatoms. The first-order valence-corrected chi connectivity index (χ1v) is 9.86. The Morgan fingerprint density at radius 3 is 2.31 bits per heavy atom. The Balaban J connectivity index is 1.70. The van der Waals surface area contributed by atoms with Crippen LogP contribution in [0.1, 0.15) is 26.7 Å². The van der Waals surface area contributed by atoms with E-state index in [9.17, 15) is 4.39 Å². The lowest BCUT2D eigenvalue weighted by Gasteiger charge is -2.37. The average molecular weight is 364 g/mol. The Labute approximate surface area is 157 Å². The van der Waals surface area contributed by atoms with Gasteiger partial charge in [-0.2, -0.15) is 0 Å². The van der Waals surface area contributed by atoms with Gasteiger partial charge in [0, 0.05) is 45.5 Å². The van der Waals surface area contributed by atoms with Crippen molar-refractivity contribution in [3.05, 3.63) is 30.1 Å². The molecule has 5 nitrogen and oxygen atoms in total. The summed E-state index contributed by atoms with van der Waals surface area (Å²) in [6.45, 7) is 12.5. The van der Waals surface area contributed by atoms with Gasteiger partial charge in [-0.3, -0.25) is 4.99 Å². The monoisotopic (exact) mass is 363 g/mol. The zero-order chi connectivity index (χ0) is 18.8. The lowest BCUT2D eigenvalue weighted by Crippen LogP contribution is -2.52. The number of nitrogens with one attached hydrogen (secondary N) is 1. The molecule has 1 saturated heterocycles. The van der Waals surface area contributed by atoms with Gasteiger partial charge in [0.25, 0.3) is 0 Å². The highest BCUT2D eigenvalue weighted by molar-refractivity contribution is 5.80. The number of guanidine groups is 1. The van der Waals surface area contributed by atoms with Crippen LogP contribution in [0.5, 0.6) is 0 Å². The molecule has 0 amide bonds. The number of anilines is 1. The van der Waals surface area contributed by atoms with Crippen LogP contribution in [-0.2, 0) is 0 Å². The third-order valence-electron chi connectivity index (χ3n) is 5.06. The van der Waals surface area contributed by atoms with Crippen LogP contribution in [-0.4, -0.2) is 75.2 Å². The molecule has 0 aromatic heterocycles. The van der Waals surface area contributed by atoms with E-state index in [2.05, 4.69) is 38.9 Å². The molecule has 0 spiro atoms. The van der Waals surface area contributed by atoms with Gasteiger partial charge in [0.1, 0.15) is 5.82 Å². The number of hydrogen-bond donors (Lipinski definition) is 1. The standard InChI is InChI=1S/C20H34FN5/c1-4-24(5-2)13-7-6-12-23-20(22-3)26-16-14-25(15-17-26)19-10-8-18(21)9-11-19/h8-11H,4-7,12-17H2,1-3H3,(H,22,23). The van der Waals surface area contributed by atoms with Gasteiger partial charge in [0.05, 0.1) is 0 Å². The maximum atomic E-state index is 13.1. The summed E-state index contributed by atoms with van der Waals surface area (Å²) in [5.74, 6) is 0.810. The van der Waals surface area contributed by atoms with E-state index in [4.69, 9.17) is 0 Å². The minimum Gasteiger partial charge on any atom is -0.368 e. The predicted octanol–water partition coefficient (Wildman–Crippen LogP) is 2.65. The molecule has 0 aliphatic carbocycles. The van der Waals surface area contributed by atoms with Gasteiger partial charge in [-0.25, -0.2) is 4.39 Å². The topological polar surface area (TPSA) is 34.1 Å². The maximum absolute atomic E-state index is 13.1. The fourth-order valence-electron chi connectivity index (χ4n) is 3.36. The molecule has 0 unspecified atom stereocenters. The molecular weight excluding hydrogens is 329 g/mol. The number of benzene rings is 1. The van der Waals surface area contributed by atoms with Crippen LogP contribution in [0.15, 0.2) is 29.3 Å². The van der Waals surface area contributed by atoms with Crippen LogP contribution in [0.25, 0.3) is 0 Å². The molecule has 26 heavy (non-hydrogen) atoms. The third-order valence-corrected chi connectivity index (χ3v) is 5.06. The van der Waals surface area contributed by atoms with Crippen molar-refractivity contribution in [3.8, 4) is 0 Å². The Kier molecular flexibility index (Phi) is 8.68. The highest BCUT2D eigenvalue weighted by atomic mass is 19.1. The van der Waals surface area contributed by atoms with E-state index in [-0.39, 0.29) is 5.82 Å². The van der Waals surface area contributed by atoms with E-state index in [0.717, 1.165) is 63.9 Å². The summed E-state index contributed by atoms with van der Waals surface area (Å²) in [6.07, 6.45) is 2.37. The predicted molar refractivity (Wildman–Crippen MR) is 109 cm³/mol. The summed E-state index contributed by atoms with van der Waals surface area (Å²) < 4.78 is 13.1. The smallest absolute Gasteiger partial charge is 0.193 e. The van der Waals surface area contributed by atoms with Crippen molar-refractivity contribution < 1.29 is 4.39 Å². The summed E-state index contributed by atoms with van der Waals surface area (Å²) in [4.78, 5) is 11.5. The molecule has 146 valence electrons. The number of halogens is 1. The summed E-state index contributed by atoms with van der Waals surface area (Å²) in [7, 11) is 1.85. The molecule has 0 bridgehead atoms. The average Bonchev–Trinajstić information content (AvgIpc) is 2.68. The van der Waals surface area contributed by atoms with E-state index in [1.807, 2.05) is 19.2 Å². The fourth-order valence-corrected chi connectivity index (χ4v) is 3.36. The van der Waals surface area contributed by atoms with Gasteiger partial charge in [-0.05, 0) is 56.7 Å². The molecule has 1 fully saturated rings. The first-order chi connectivity index (χ1) is 12.7. The van der Waals surface area contributed by atoms with E-state index in [1.165, 1.54) is 25.1 Å². The van der Waals surface area contributed by atoms with Crippen LogP contribution in [0.3, 0.4) is 0 Å². The largest absolute Gasteiger partial charge is 0.368 e. The van der Waals surface area contributed by atoms with Crippen molar-refractivity contribution in [2.45, 2.75) is 26.7 Å². The molecule has 1 aliphatic heterocycles. The quantitative estimate of drug-likeness (QED) is 0.437. The molecule has 0 atom stereocenters. The second-order valence-corrected chi connectivity index (χ2v) is 6.66. The van der Waals surface area contributed by atoms with E-state index in [1.54, 1.807) is 0 Å². The highest BCUT2D eigenvalue weighted by Gasteiger charge is 2.19. The molecule has 2 rings (SSSR count). The number of nitrogens with zero attached hydrogens (tertiary/aromatic N) is 4. The molecule has 1 aromatic rings. The number of rotatable bonds is 8. The van der Waals surface area contributed by atoms with Crippen LogP contribution in [0.4, 0.5) is 10.1 Å². The van der Waals surface area contributed by atoms with Crippen molar-refractivity contribution in [1.29, 1.82) is 0 Å². The second kappa shape index (κ2) is 11.0. The number of unbranched alkanes of at least 4 members (excludes halogenated alkanes) is 1. The minimum absolute atomic E-state index is 0.182. The molecule has 0 saturated carbocycles. The summed E-state index contributed by atoms with van der Waals surface area (Å²) in [6, 6.07) is 6.77. The minimum atomic E-state index is -0.182. The summed E-state index contributed by atoms with van der Waals surface area (Å²) in [5.41, 5.74) is 1.09. The van der Waals surface area contributed by atoms with Crippen LogP contribution in [0, 0.1) is 5.82 Å². The van der Waals surface area contributed by atoms with Crippen molar-refractivity contribution in [3.63, 3.8) is 0 Å². The number of aliphatic imine (C=N–C) groups is 1. The summed E-state index contributed by atoms with van der Waals surface area (Å²) >= 11 is 0. The highest BCUT2D eigenvalue weighted by Crippen LogP contribution is 2.16. The number of hydrogen-bond acceptors (Lipinski definition) is 3. The lowest BCUT2D eigenvalue weighted by atomic mass is 10.2. The van der Waals surface area contributed by atoms with Gasteiger partial charge in [-0.1, -0.05) is 13.8 Å². The van der Waals surface area contributed by atoms with Crippen LogP contribution >= 0.6 is 0 Å². The fraction of sp³-hybridized carbons (Fsp3) is 0.650. The Morgan fingerprint density at radius 2 is 1.73 bits per heavy atom. The maximum Gasteiger partial charge on any atom is 0.193 e. The Bertz CT molecular complexity index is 534. The Morgan fingerprint density at radius 1 is 1.08 bits per heavy atom. The Hall–Kier alpha value is -1.82. The molecule has 1 aliphatic rings. The zero-order valence-electron chi connectivity index (χ0n) is 16.5. The van der Waals surface area contributed by atoms with Crippen molar-refractivity contribution in [1.82, 2.24) is 15.1 Å². The second-order valence-electron chi connectivity index (χ2n) is 6.66. The lowest BCUT2D eigenvalue weighted by molar-refractivity contribution is 0.296. The van der Waals surface area contributed by atoms with Crippen molar-refractivity contribution in [2.75, 3.05) is 64.3 Å². The van der Waals surface area contributed by atoms with Gasteiger partial charge < -0.3 is 20.0 Å². The SMILES string of the molecule is CCN(CC)CCCCNC(=NC)N1CCN(c2ccc(F)cc2)CC1. The van der Waals surface area contributed by atoms with Gasteiger partial charge >= 0.3 is 0 Å². The third kappa shape index (κ3) is 6.16. The van der Waals surface area contributed by atoms with Crippen molar-refractivity contribution in [2.24, 2.45) is 4.99 Å². The van der Waals surface area contributed by atoms with Crippen LogP contribution < -0.4 is 10.2 Å². The normalized spacial score (nSPS) is 15.7. The first kappa shape index (κ1) is 20.5. The van der Waals surface area contributed by atoms with Crippen LogP contribution in [0.2, 0.25) is 0 Å². The number of piperazine rings is 1. The first-order valence-electron chi connectivity index (χ1n) is 9.86.